The van der Waals surface area contributed by atoms with Crippen molar-refractivity contribution in [3.8, 4) is 11.5 Å². The van der Waals surface area contributed by atoms with E-state index in [-0.39, 0.29) is 6.04 Å². The molecule has 0 saturated carbocycles. The van der Waals surface area contributed by atoms with Crippen molar-refractivity contribution >= 4 is 0 Å². The van der Waals surface area contributed by atoms with Crippen LogP contribution in [-0.2, 0) is 0 Å². The Bertz CT molecular complexity index is 337. The molecule has 2 N–H and O–H groups in total. The van der Waals surface area contributed by atoms with Crippen LogP contribution in [0, 0.1) is 5.92 Å². The Morgan fingerprint density at radius 2 is 2.00 bits per heavy atom. The number of hydrogen-bond donors (Lipinski definition) is 2. The summed E-state index contributed by atoms with van der Waals surface area (Å²) in [6.45, 7) is 7.28. The standard InChI is InChI=1S/C13H21NO2/c1-9(2)8-14-10(3)12-7-11(16-4)5-6-13(12)15/h5-7,9-10,14-15H,8H2,1-4H3. The Morgan fingerprint density at radius 1 is 1.31 bits per heavy atom. The number of hydrogen-bond acceptors (Lipinski definition) is 3. The van der Waals surface area contributed by atoms with Crippen LogP contribution in [0.1, 0.15) is 32.4 Å². The highest BCUT2D eigenvalue weighted by molar-refractivity contribution is 5.41. The molecule has 0 aromatic heterocycles. The van der Waals surface area contributed by atoms with E-state index in [1.165, 1.54) is 0 Å². The summed E-state index contributed by atoms with van der Waals surface area (Å²) < 4.78 is 5.15. The lowest BCUT2D eigenvalue weighted by molar-refractivity contribution is 0.406. The first kappa shape index (κ1) is 12.8. The quantitative estimate of drug-likeness (QED) is 0.806. The van der Waals surface area contributed by atoms with Gasteiger partial charge in [-0.15, -0.1) is 0 Å². The number of benzene rings is 1. The first-order chi connectivity index (χ1) is 7.54. The van der Waals surface area contributed by atoms with Gasteiger partial charge in [-0.2, -0.15) is 0 Å². The molecule has 1 aromatic carbocycles. The average Bonchev–Trinajstić information content (AvgIpc) is 2.26. The highest BCUT2D eigenvalue weighted by atomic mass is 16.5. The molecule has 1 atom stereocenters. The molecule has 90 valence electrons. The van der Waals surface area contributed by atoms with E-state index in [0.717, 1.165) is 17.9 Å². The van der Waals surface area contributed by atoms with Crippen LogP contribution < -0.4 is 10.1 Å². The summed E-state index contributed by atoms with van der Waals surface area (Å²) in [5.74, 6) is 1.67. The molecular weight excluding hydrogens is 202 g/mol. The van der Waals surface area contributed by atoms with Gasteiger partial charge in [0.2, 0.25) is 0 Å². The van der Waals surface area contributed by atoms with Gasteiger partial charge in [-0.25, -0.2) is 0 Å². The second kappa shape index (κ2) is 5.75. The van der Waals surface area contributed by atoms with Crippen LogP contribution >= 0.6 is 0 Å². The Kier molecular flexibility index (Phi) is 4.62. The van der Waals surface area contributed by atoms with Crippen molar-refractivity contribution in [1.82, 2.24) is 5.32 Å². The molecule has 0 heterocycles. The van der Waals surface area contributed by atoms with Crippen LogP contribution in [0.5, 0.6) is 11.5 Å². The summed E-state index contributed by atoms with van der Waals surface area (Å²) in [4.78, 5) is 0. The molecule has 0 aliphatic rings. The van der Waals surface area contributed by atoms with Crippen molar-refractivity contribution in [1.29, 1.82) is 0 Å². The minimum Gasteiger partial charge on any atom is -0.508 e. The Morgan fingerprint density at radius 3 is 2.56 bits per heavy atom. The lowest BCUT2D eigenvalue weighted by Gasteiger charge is -2.17. The molecular formula is C13H21NO2. The molecule has 0 bridgehead atoms. The number of ether oxygens (including phenoxy) is 1. The normalized spacial score (nSPS) is 12.8. The maximum Gasteiger partial charge on any atom is 0.120 e. The Labute approximate surface area is 97.4 Å². The molecule has 0 spiro atoms. The van der Waals surface area contributed by atoms with Crippen LogP contribution in [0.3, 0.4) is 0 Å². The second-order valence-electron chi connectivity index (χ2n) is 4.45. The highest BCUT2D eigenvalue weighted by Gasteiger charge is 2.11. The molecule has 3 heteroatoms. The summed E-state index contributed by atoms with van der Waals surface area (Å²) in [6.07, 6.45) is 0. The third-order valence-electron chi connectivity index (χ3n) is 2.53. The fourth-order valence-corrected chi connectivity index (χ4v) is 1.53. The van der Waals surface area contributed by atoms with Gasteiger partial charge in [0.1, 0.15) is 11.5 Å². The summed E-state index contributed by atoms with van der Waals surface area (Å²) in [6, 6.07) is 5.42. The maximum absolute atomic E-state index is 9.77. The van der Waals surface area contributed by atoms with Crippen LogP contribution in [0.4, 0.5) is 0 Å². The summed E-state index contributed by atoms with van der Waals surface area (Å²) >= 11 is 0. The van der Waals surface area contributed by atoms with Gasteiger partial charge in [0.15, 0.2) is 0 Å². The first-order valence-electron chi connectivity index (χ1n) is 5.65. The highest BCUT2D eigenvalue weighted by Crippen LogP contribution is 2.28. The van der Waals surface area contributed by atoms with Gasteiger partial charge in [0.25, 0.3) is 0 Å². The van der Waals surface area contributed by atoms with Gasteiger partial charge in [-0.1, -0.05) is 13.8 Å². The van der Waals surface area contributed by atoms with Crippen molar-refractivity contribution < 1.29 is 9.84 Å². The van der Waals surface area contributed by atoms with Crippen LogP contribution in [0.15, 0.2) is 18.2 Å². The molecule has 1 aromatic rings. The van der Waals surface area contributed by atoms with E-state index in [2.05, 4.69) is 19.2 Å². The van der Waals surface area contributed by atoms with Crippen molar-refractivity contribution in [2.45, 2.75) is 26.8 Å². The number of phenols is 1. The number of methoxy groups -OCH3 is 1. The second-order valence-corrected chi connectivity index (χ2v) is 4.45. The molecule has 16 heavy (non-hydrogen) atoms. The van der Waals surface area contributed by atoms with Crippen LogP contribution in [0.25, 0.3) is 0 Å². The van der Waals surface area contributed by atoms with Gasteiger partial charge in [-0.05, 0) is 37.6 Å². The van der Waals surface area contributed by atoms with E-state index >= 15 is 0 Å². The molecule has 0 aliphatic heterocycles. The average molecular weight is 223 g/mol. The topological polar surface area (TPSA) is 41.5 Å². The molecule has 1 unspecified atom stereocenters. The molecule has 1 rings (SSSR count). The predicted octanol–water partition coefficient (Wildman–Crippen LogP) is 2.71. The van der Waals surface area contributed by atoms with E-state index in [0.29, 0.717) is 11.7 Å². The molecule has 0 amide bonds. The van der Waals surface area contributed by atoms with Crippen molar-refractivity contribution in [3.63, 3.8) is 0 Å². The number of rotatable bonds is 5. The summed E-state index contributed by atoms with van der Waals surface area (Å²) in [5, 5.41) is 13.1. The number of phenolic OH excluding ortho intramolecular Hbond substituents is 1. The van der Waals surface area contributed by atoms with E-state index in [1.807, 2.05) is 13.0 Å². The Hall–Kier alpha value is -1.22. The summed E-state index contributed by atoms with van der Waals surface area (Å²) in [7, 11) is 1.63. The van der Waals surface area contributed by atoms with Crippen LogP contribution in [0.2, 0.25) is 0 Å². The smallest absolute Gasteiger partial charge is 0.120 e. The zero-order valence-corrected chi connectivity index (χ0v) is 10.4. The number of nitrogens with one attached hydrogen (secondary N) is 1. The van der Waals surface area contributed by atoms with E-state index in [9.17, 15) is 5.11 Å². The van der Waals surface area contributed by atoms with Gasteiger partial charge in [0.05, 0.1) is 7.11 Å². The van der Waals surface area contributed by atoms with E-state index < -0.39 is 0 Å². The van der Waals surface area contributed by atoms with Gasteiger partial charge >= 0.3 is 0 Å². The van der Waals surface area contributed by atoms with Gasteiger partial charge < -0.3 is 15.2 Å². The lowest BCUT2D eigenvalue weighted by atomic mass is 10.1. The molecule has 0 saturated heterocycles. The minimum atomic E-state index is 0.123. The van der Waals surface area contributed by atoms with Crippen LogP contribution in [-0.4, -0.2) is 18.8 Å². The lowest BCUT2D eigenvalue weighted by Crippen LogP contribution is -2.23. The number of aromatic hydroxyl groups is 1. The predicted molar refractivity (Wildman–Crippen MR) is 65.9 cm³/mol. The summed E-state index contributed by atoms with van der Waals surface area (Å²) in [5.41, 5.74) is 0.875. The third kappa shape index (κ3) is 3.42. The van der Waals surface area contributed by atoms with Crippen molar-refractivity contribution in [2.24, 2.45) is 5.92 Å². The first-order valence-corrected chi connectivity index (χ1v) is 5.65. The zero-order chi connectivity index (χ0) is 12.1. The van der Waals surface area contributed by atoms with E-state index in [1.54, 1.807) is 19.2 Å². The fraction of sp³-hybridized carbons (Fsp3) is 0.538. The molecule has 3 nitrogen and oxygen atoms in total. The van der Waals surface area contributed by atoms with Gasteiger partial charge in [-0.3, -0.25) is 0 Å². The monoisotopic (exact) mass is 223 g/mol. The van der Waals surface area contributed by atoms with E-state index in [4.69, 9.17) is 4.74 Å². The SMILES string of the molecule is COc1ccc(O)c(C(C)NCC(C)C)c1. The minimum absolute atomic E-state index is 0.123. The molecule has 0 fully saturated rings. The van der Waals surface area contributed by atoms with Crippen molar-refractivity contribution in [2.75, 3.05) is 13.7 Å². The largest absolute Gasteiger partial charge is 0.508 e. The molecule has 0 radical (unpaired) electrons. The Balaban J connectivity index is 2.76. The maximum atomic E-state index is 9.77. The third-order valence-corrected chi connectivity index (χ3v) is 2.53. The molecule has 0 aliphatic carbocycles. The fourth-order valence-electron chi connectivity index (χ4n) is 1.53. The zero-order valence-electron chi connectivity index (χ0n) is 10.4. The van der Waals surface area contributed by atoms with Crippen molar-refractivity contribution in [3.05, 3.63) is 23.8 Å². The van der Waals surface area contributed by atoms with Gasteiger partial charge in [0, 0.05) is 11.6 Å².